The molecule has 6 aliphatic rings. The van der Waals surface area contributed by atoms with Gasteiger partial charge in [-0.25, -0.2) is 14.8 Å². The molecule has 2 amide bonds. The van der Waals surface area contributed by atoms with Gasteiger partial charge in [-0.3, -0.25) is 4.79 Å². The average molecular weight is 442 g/mol. The summed E-state index contributed by atoms with van der Waals surface area (Å²) in [7, 11) is 0. The van der Waals surface area contributed by atoms with Crippen molar-refractivity contribution in [2.45, 2.75) is 75.2 Å². The molecule has 1 aromatic heterocycles. The van der Waals surface area contributed by atoms with Crippen LogP contribution in [0.3, 0.4) is 0 Å². The topological polar surface area (TPSA) is 117 Å². The predicted octanol–water partition coefficient (Wildman–Crippen LogP) is 1.93. The lowest BCUT2D eigenvalue weighted by Gasteiger charge is -2.57. The highest BCUT2D eigenvalue weighted by Crippen LogP contribution is 2.56. The summed E-state index contributed by atoms with van der Waals surface area (Å²) < 4.78 is 6.01. The molecule has 3 unspecified atom stereocenters. The molecule has 32 heavy (non-hydrogen) atoms. The van der Waals surface area contributed by atoms with Crippen molar-refractivity contribution in [3.63, 3.8) is 0 Å². The number of hydrogen-bond donors (Lipinski definition) is 3. The van der Waals surface area contributed by atoms with E-state index >= 15 is 0 Å². The molecule has 3 N–H and O–H groups in total. The zero-order chi connectivity index (χ0) is 21.9. The van der Waals surface area contributed by atoms with Crippen molar-refractivity contribution in [3.8, 4) is 0 Å². The zero-order valence-electron chi connectivity index (χ0n) is 18.2. The number of carbonyl (C=O) groups is 2. The van der Waals surface area contributed by atoms with Crippen molar-refractivity contribution >= 4 is 17.9 Å². The molecular weight excluding hydrogens is 410 g/mol. The van der Waals surface area contributed by atoms with Gasteiger partial charge >= 0.3 is 6.09 Å². The van der Waals surface area contributed by atoms with Gasteiger partial charge in [-0.05, 0) is 69.1 Å². The molecular formula is C23H31N5O4. The van der Waals surface area contributed by atoms with Crippen LogP contribution in [0.5, 0.6) is 0 Å². The molecule has 0 radical (unpaired) electrons. The normalized spacial score (nSPS) is 37.4. The van der Waals surface area contributed by atoms with Gasteiger partial charge < -0.3 is 25.4 Å². The largest absolute Gasteiger partial charge is 0.446 e. The van der Waals surface area contributed by atoms with Gasteiger partial charge in [-0.15, -0.1) is 0 Å². The summed E-state index contributed by atoms with van der Waals surface area (Å²) in [5.74, 6) is 1.53. The highest BCUT2D eigenvalue weighted by atomic mass is 16.6. The van der Waals surface area contributed by atoms with Crippen molar-refractivity contribution in [2.24, 2.45) is 17.8 Å². The molecule has 9 heteroatoms. The maximum atomic E-state index is 12.9. The molecule has 0 spiro atoms. The second kappa shape index (κ2) is 7.57. The molecule has 3 atom stereocenters. The fourth-order valence-electron chi connectivity index (χ4n) is 6.56. The van der Waals surface area contributed by atoms with E-state index < -0.39 is 5.60 Å². The van der Waals surface area contributed by atoms with Crippen LogP contribution in [0.15, 0.2) is 12.4 Å². The van der Waals surface area contributed by atoms with Crippen molar-refractivity contribution < 1.29 is 19.4 Å². The third-order valence-electron chi connectivity index (χ3n) is 8.00. The van der Waals surface area contributed by atoms with Gasteiger partial charge in [0.2, 0.25) is 5.95 Å². The van der Waals surface area contributed by atoms with E-state index in [-0.39, 0.29) is 24.1 Å². The Labute approximate surface area is 187 Å². The first-order chi connectivity index (χ1) is 15.4. The SMILES string of the molecule is O=C(NC1CC1)c1cnc(NC2CCN(C(=O)OC3C4CC5CC3CC(O)(C5)C4)C2)nc1. The van der Waals surface area contributed by atoms with Gasteiger partial charge in [0, 0.05) is 37.6 Å². The fraction of sp³-hybridized carbons (Fsp3) is 0.739. The minimum atomic E-state index is -0.518. The Morgan fingerprint density at radius 2 is 1.78 bits per heavy atom. The van der Waals surface area contributed by atoms with Crippen molar-refractivity contribution in [1.29, 1.82) is 0 Å². The maximum Gasteiger partial charge on any atom is 0.410 e. The van der Waals surface area contributed by atoms with Crippen LogP contribution in [-0.2, 0) is 4.74 Å². The van der Waals surface area contributed by atoms with Crippen LogP contribution in [0.4, 0.5) is 10.7 Å². The van der Waals surface area contributed by atoms with Gasteiger partial charge in [0.05, 0.1) is 11.2 Å². The molecule has 9 nitrogen and oxygen atoms in total. The first kappa shape index (κ1) is 20.2. The number of carbonyl (C=O) groups excluding carboxylic acids is 2. The lowest BCUT2D eigenvalue weighted by molar-refractivity contribution is -0.177. The van der Waals surface area contributed by atoms with E-state index in [0.29, 0.717) is 48.4 Å². The molecule has 5 aliphatic carbocycles. The molecule has 1 aliphatic heterocycles. The highest BCUT2D eigenvalue weighted by Gasteiger charge is 2.56. The summed E-state index contributed by atoms with van der Waals surface area (Å²) in [5, 5.41) is 16.9. The van der Waals surface area contributed by atoms with Crippen LogP contribution >= 0.6 is 0 Å². The van der Waals surface area contributed by atoms with E-state index in [1.807, 2.05) is 0 Å². The predicted molar refractivity (Wildman–Crippen MR) is 115 cm³/mol. The Morgan fingerprint density at radius 3 is 2.44 bits per heavy atom. The summed E-state index contributed by atoms with van der Waals surface area (Å²) in [6, 6.07) is 0.348. The molecule has 7 rings (SSSR count). The number of aromatic nitrogens is 2. The number of rotatable bonds is 5. The van der Waals surface area contributed by atoms with Crippen molar-refractivity contribution in [2.75, 3.05) is 18.4 Å². The number of aliphatic hydroxyl groups is 1. The van der Waals surface area contributed by atoms with E-state index in [4.69, 9.17) is 4.74 Å². The minimum Gasteiger partial charge on any atom is -0.446 e. The number of ether oxygens (including phenoxy) is 1. The summed E-state index contributed by atoms with van der Waals surface area (Å²) >= 11 is 0. The van der Waals surface area contributed by atoms with Crippen LogP contribution in [-0.4, -0.2) is 68.9 Å². The standard InChI is InChI=1S/C23H31N5O4/c29-20(26-17-1-2-17)16-10-24-21(25-11-16)27-18-3-4-28(12-18)22(30)32-19-14-5-13-6-15(19)9-23(31,7-13)8-14/h10-11,13-15,17-19,31H,1-9,12H2,(H,26,29)(H,24,25,27). The Bertz CT molecular complexity index is 888. The number of nitrogens with zero attached hydrogens (tertiary/aromatic N) is 3. The van der Waals surface area contributed by atoms with Crippen LogP contribution in [0, 0.1) is 17.8 Å². The Balaban J connectivity index is 1.01. The summed E-state index contributed by atoms with van der Waals surface area (Å²) in [6.45, 7) is 1.17. The average Bonchev–Trinajstić information content (AvgIpc) is 3.44. The van der Waals surface area contributed by atoms with Crippen LogP contribution in [0.2, 0.25) is 0 Å². The van der Waals surface area contributed by atoms with E-state index in [2.05, 4.69) is 20.6 Å². The van der Waals surface area contributed by atoms with Gasteiger partial charge in [0.1, 0.15) is 6.10 Å². The maximum absolute atomic E-state index is 12.9. The first-order valence-corrected chi connectivity index (χ1v) is 12.0. The minimum absolute atomic E-state index is 0.0490. The number of anilines is 1. The fourth-order valence-corrected chi connectivity index (χ4v) is 6.56. The first-order valence-electron chi connectivity index (χ1n) is 12.0. The second-order valence-corrected chi connectivity index (χ2v) is 10.7. The molecule has 2 heterocycles. The van der Waals surface area contributed by atoms with E-state index in [9.17, 15) is 14.7 Å². The molecule has 6 fully saturated rings. The van der Waals surface area contributed by atoms with Gasteiger partial charge in [-0.1, -0.05) is 0 Å². The van der Waals surface area contributed by atoms with E-state index in [0.717, 1.165) is 51.4 Å². The lowest BCUT2D eigenvalue weighted by Crippen LogP contribution is -2.58. The quantitative estimate of drug-likeness (QED) is 0.639. The number of nitrogens with one attached hydrogen (secondary N) is 2. The van der Waals surface area contributed by atoms with E-state index in [1.165, 1.54) is 12.4 Å². The monoisotopic (exact) mass is 441 g/mol. The number of likely N-dealkylation sites (tertiary alicyclic amines) is 1. The molecule has 5 saturated carbocycles. The van der Waals surface area contributed by atoms with Gasteiger partial charge in [0.25, 0.3) is 5.91 Å². The van der Waals surface area contributed by atoms with Gasteiger partial charge in [-0.2, -0.15) is 0 Å². The number of hydrogen-bond acceptors (Lipinski definition) is 7. The number of amides is 2. The van der Waals surface area contributed by atoms with Gasteiger partial charge in [0.15, 0.2) is 0 Å². The molecule has 172 valence electrons. The summed E-state index contributed by atoms with van der Waals surface area (Å²) in [5.41, 5.74) is -0.0599. The second-order valence-electron chi connectivity index (χ2n) is 10.7. The van der Waals surface area contributed by atoms with Crippen LogP contribution in [0.1, 0.15) is 61.7 Å². The third-order valence-corrected chi connectivity index (χ3v) is 8.00. The van der Waals surface area contributed by atoms with Crippen LogP contribution < -0.4 is 10.6 Å². The highest BCUT2D eigenvalue weighted by molar-refractivity contribution is 5.94. The Morgan fingerprint density at radius 1 is 1.06 bits per heavy atom. The summed E-state index contributed by atoms with van der Waals surface area (Å²) in [6.07, 6.45) is 10.3. The zero-order valence-corrected chi connectivity index (χ0v) is 18.2. The molecule has 1 saturated heterocycles. The van der Waals surface area contributed by atoms with Crippen LogP contribution in [0.25, 0.3) is 0 Å². The molecule has 1 aromatic rings. The van der Waals surface area contributed by atoms with Crippen molar-refractivity contribution in [3.05, 3.63) is 18.0 Å². The smallest absolute Gasteiger partial charge is 0.410 e. The lowest BCUT2D eigenvalue weighted by atomic mass is 9.53. The van der Waals surface area contributed by atoms with Crippen molar-refractivity contribution in [1.82, 2.24) is 20.2 Å². The third kappa shape index (κ3) is 3.91. The summed E-state index contributed by atoms with van der Waals surface area (Å²) in [4.78, 5) is 35.2. The van der Waals surface area contributed by atoms with E-state index in [1.54, 1.807) is 4.90 Å². The molecule has 4 bridgehead atoms. The molecule has 0 aromatic carbocycles. The Hall–Kier alpha value is -2.42. The Kier molecular flexibility index (Phi) is 4.78.